The van der Waals surface area contributed by atoms with Crippen LogP contribution in [0.1, 0.15) is 0 Å². The molecule has 42 valence electrons. The number of rotatable bonds is 0. The number of hydrogen-bond acceptors (Lipinski definition) is 4. The Morgan fingerprint density at radius 1 is 0.667 bits per heavy atom. The van der Waals surface area contributed by atoms with Crippen LogP contribution < -0.4 is 0 Å². The molecule has 0 spiro atoms. The predicted octanol–water partition coefficient (Wildman–Crippen LogP) is -0.314. The van der Waals surface area contributed by atoms with Gasteiger partial charge in [-0.25, -0.2) is 0 Å². The third-order valence-corrected chi connectivity index (χ3v) is 3.67. The van der Waals surface area contributed by atoms with Gasteiger partial charge in [-0.1, -0.05) is 0 Å². The first kappa shape index (κ1) is 7.75. The van der Waals surface area contributed by atoms with Crippen LogP contribution in [-0.4, -0.2) is 18.2 Å². The van der Waals surface area contributed by atoms with Gasteiger partial charge in [0.2, 0.25) is 0 Å². The summed E-state index contributed by atoms with van der Waals surface area (Å²) in [4.78, 5) is 0. The third-order valence-electron chi connectivity index (χ3n) is 0.548. The SMILES string of the molecule is N#C[Te](C#N)(C#N)C#N. The molecule has 4 nitrogen and oxygen atoms in total. The molecule has 0 radical (unpaired) electrons. The van der Waals surface area contributed by atoms with Gasteiger partial charge in [0.25, 0.3) is 0 Å². The van der Waals surface area contributed by atoms with Crippen LogP contribution in [0.4, 0.5) is 0 Å². The molecular weight excluding hydrogens is 232 g/mol. The molecule has 5 heteroatoms. The van der Waals surface area contributed by atoms with Crippen molar-refractivity contribution in [3.63, 3.8) is 0 Å². The van der Waals surface area contributed by atoms with Gasteiger partial charge >= 0.3 is 55.7 Å². The van der Waals surface area contributed by atoms with Crippen molar-refractivity contribution in [2.75, 3.05) is 0 Å². The van der Waals surface area contributed by atoms with Crippen molar-refractivity contribution < 1.29 is 0 Å². The van der Waals surface area contributed by atoms with Gasteiger partial charge in [0.1, 0.15) is 0 Å². The van der Waals surface area contributed by atoms with Gasteiger partial charge < -0.3 is 0 Å². The van der Waals surface area contributed by atoms with E-state index in [9.17, 15) is 0 Å². The molecule has 0 fully saturated rings. The molecule has 0 aliphatic carbocycles. The Hall–Kier alpha value is -1.25. The average molecular weight is 232 g/mol. The average Bonchev–Trinajstić information content (AvgIpc) is 1.95. The van der Waals surface area contributed by atoms with Crippen molar-refractivity contribution in [1.82, 2.24) is 0 Å². The molecule has 0 bridgehead atoms. The summed E-state index contributed by atoms with van der Waals surface area (Å²) >= 11 is -3.97. The molecule has 0 rings (SSSR count). The molecule has 0 saturated carbocycles. The number of hydrogen-bond donors (Lipinski definition) is 0. The van der Waals surface area contributed by atoms with E-state index in [2.05, 4.69) is 0 Å². The Morgan fingerprint density at radius 2 is 0.889 bits per heavy atom. The van der Waals surface area contributed by atoms with Crippen LogP contribution in [0.2, 0.25) is 0 Å². The monoisotopic (exact) mass is 234 g/mol. The first-order chi connectivity index (χ1) is 4.24. The normalized spacial score (nSPS) is 9.33. The van der Waals surface area contributed by atoms with Crippen molar-refractivity contribution in [3.8, 4) is 16.5 Å². The molecule has 0 aliphatic rings. The minimum absolute atomic E-state index is 1.47. The molecular formula is C4N4Te. The first-order valence-electron chi connectivity index (χ1n) is 1.71. The van der Waals surface area contributed by atoms with Crippen LogP contribution >= 0.6 is 0 Å². The van der Waals surface area contributed by atoms with E-state index in [4.69, 9.17) is 21.0 Å². The zero-order valence-electron chi connectivity index (χ0n) is 4.20. The van der Waals surface area contributed by atoms with E-state index in [-0.39, 0.29) is 0 Å². The molecule has 0 aromatic heterocycles. The van der Waals surface area contributed by atoms with Crippen molar-refractivity contribution in [2.24, 2.45) is 0 Å². The zero-order valence-corrected chi connectivity index (χ0v) is 6.53. The molecule has 0 unspecified atom stereocenters. The Morgan fingerprint density at radius 3 is 0.889 bits per heavy atom. The minimum atomic E-state index is -3.97. The maximum atomic E-state index is 8.14. The molecule has 9 heavy (non-hydrogen) atoms. The standard InChI is InChI=1S/C4N4Te/c5-1-9(2-6,3-7)4-8. The second-order valence-corrected chi connectivity index (χ2v) is 6.56. The van der Waals surface area contributed by atoms with E-state index in [1.54, 1.807) is 0 Å². The van der Waals surface area contributed by atoms with Crippen LogP contribution in [0.15, 0.2) is 0 Å². The summed E-state index contributed by atoms with van der Waals surface area (Å²) < 4.78 is 5.88. The van der Waals surface area contributed by atoms with Crippen LogP contribution in [0.25, 0.3) is 0 Å². The fourth-order valence-electron chi connectivity index (χ4n) is 0.122. The molecule has 0 aromatic rings. The molecule has 0 saturated heterocycles. The maximum absolute atomic E-state index is 8.14. The molecule has 0 aromatic carbocycles. The summed E-state index contributed by atoms with van der Waals surface area (Å²) in [6.45, 7) is 0. The summed E-state index contributed by atoms with van der Waals surface area (Å²) in [5.41, 5.74) is 0. The van der Waals surface area contributed by atoms with Gasteiger partial charge in [0.05, 0.1) is 0 Å². The molecule has 0 atom stereocenters. The molecule has 0 N–H and O–H groups in total. The van der Waals surface area contributed by atoms with Gasteiger partial charge in [-0.15, -0.1) is 0 Å². The molecule has 0 amide bonds. The summed E-state index contributed by atoms with van der Waals surface area (Å²) in [6, 6.07) is 0. The summed E-state index contributed by atoms with van der Waals surface area (Å²) in [5.74, 6) is 0. The van der Waals surface area contributed by atoms with Gasteiger partial charge in [-0.05, 0) is 0 Å². The Labute approximate surface area is 56.0 Å². The number of nitrogens with zero attached hydrogens (tertiary/aromatic N) is 4. The Kier molecular flexibility index (Phi) is 2.51. The first-order valence-corrected chi connectivity index (χ1v) is 6.37. The van der Waals surface area contributed by atoms with Gasteiger partial charge in [-0.3, -0.25) is 0 Å². The van der Waals surface area contributed by atoms with E-state index >= 15 is 0 Å². The van der Waals surface area contributed by atoms with E-state index in [1.165, 1.54) is 16.5 Å². The van der Waals surface area contributed by atoms with Crippen LogP contribution in [0.5, 0.6) is 0 Å². The van der Waals surface area contributed by atoms with Crippen molar-refractivity contribution in [1.29, 1.82) is 21.0 Å². The van der Waals surface area contributed by atoms with E-state index in [0.29, 0.717) is 0 Å². The van der Waals surface area contributed by atoms with E-state index < -0.39 is 18.2 Å². The fraction of sp³-hybridized carbons (Fsp3) is 0. The van der Waals surface area contributed by atoms with Gasteiger partial charge in [-0.2, -0.15) is 0 Å². The van der Waals surface area contributed by atoms with Crippen LogP contribution in [0, 0.1) is 37.5 Å². The summed E-state index contributed by atoms with van der Waals surface area (Å²) in [6.07, 6.45) is 0. The Balaban J connectivity index is 4.84. The van der Waals surface area contributed by atoms with Crippen molar-refractivity contribution in [3.05, 3.63) is 0 Å². The van der Waals surface area contributed by atoms with Crippen molar-refractivity contribution in [2.45, 2.75) is 0 Å². The fourth-order valence-corrected chi connectivity index (χ4v) is 0.822. The summed E-state index contributed by atoms with van der Waals surface area (Å²) in [7, 11) is 0. The summed E-state index contributed by atoms with van der Waals surface area (Å²) in [5, 5.41) is 32.6. The topological polar surface area (TPSA) is 95.2 Å². The van der Waals surface area contributed by atoms with Gasteiger partial charge in [0.15, 0.2) is 0 Å². The zero-order chi connectivity index (χ0) is 7.33. The van der Waals surface area contributed by atoms with Crippen LogP contribution in [-0.2, 0) is 0 Å². The third kappa shape index (κ3) is 1.32. The van der Waals surface area contributed by atoms with Crippen molar-refractivity contribution >= 4 is 18.2 Å². The van der Waals surface area contributed by atoms with E-state index in [1.807, 2.05) is 0 Å². The Bertz CT molecular complexity index is 205. The predicted molar refractivity (Wildman–Crippen MR) is 28.2 cm³/mol. The van der Waals surface area contributed by atoms with Crippen LogP contribution in [0.3, 0.4) is 0 Å². The second kappa shape index (κ2) is 2.91. The molecule has 0 aliphatic heterocycles. The second-order valence-electron chi connectivity index (χ2n) is 0.978. The molecule has 0 heterocycles. The number of nitriles is 4. The van der Waals surface area contributed by atoms with Gasteiger partial charge in [0, 0.05) is 0 Å². The quantitative estimate of drug-likeness (QED) is 0.534. The van der Waals surface area contributed by atoms with E-state index in [0.717, 1.165) is 0 Å².